The maximum Gasteiger partial charge on any atom is 0.277 e. The van der Waals surface area contributed by atoms with Crippen molar-refractivity contribution in [3.8, 4) is 11.8 Å². The molecule has 2 aromatic carbocycles. The van der Waals surface area contributed by atoms with Crippen LogP contribution in [0.25, 0.3) is 6.08 Å². The molecule has 1 N–H and O–H groups in total. The number of allylic oxidation sites excluding steroid dienone is 1. The SMILES string of the molecule is N#Cc1ccccc1OCC(=O)N/N=C\C(Br)=C/c1ccccc1. The Kier molecular flexibility index (Phi) is 6.74. The summed E-state index contributed by atoms with van der Waals surface area (Å²) in [6.45, 7) is -0.226. The zero-order valence-electron chi connectivity index (χ0n) is 12.6. The zero-order chi connectivity index (χ0) is 17.2. The minimum absolute atomic E-state index is 0.226. The molecule has 0 fully saturated rings. The molecule has 0 aromatic heterocycles. The van der Waals surface area contributed by atoms with Gasteiger partial charge in [-0.1, -0.05) is 42.5 Å². The van der Waals surface area contributed by atoms with Crippen LogP contribution in [0.3, 0.4) is 0 Å². The fourth-order valence-corrected chi connectivity index (χ4v) is 2.14. The summed E-state index contributed by atoms with van der Waals surface area (Å²) in [6.07, 6.45) is 3.35. The molecule has 5 nitrogen and oxygen atoms in total. The number of carbonyl (C=O) groups excluding carboxylic acids is 1. The van der Waals surface area contributed by atoms with Gasteiger partial charge in [0.25, 0.3) is 5.91 Å². The van der Waals surface area contributed by atoms with Gasteiger partial charge < -0.3 is 4.74 Å². The molecule has 24 heavy (non-hydrogen) atoms. The van der Waals surface area contributed by atoms with E-state index in [1.165, 1.54) is 6.21 Å². The van der Waals surface area contributed by atoms with Crippen LogP contribution in [0, 0.1) is 11.3 Å². The number of halogens is 1. The highest BCUT2D eigenvalue weighted by Gasteiger charge is 2.05. The minimum Gasteiger partial charge on any atom is -0.482 e. The van der Waals surface area contributed by atoms with Crippen LogP contribution >= 0.6 is 15.9 Å². The van der Waals surface area contributed by atoms with Crippen molar-refractivity contribution in [3.05, 3.63) is 70.2 Å². The molecule has 0 heterocycles. The molecule has 0 aliphatic heterocycles. The van der Waals surface area contributed by atoms with Gasteiger partial charge in [-0.3, -0.25) is 4.79 Å². The molecule has 0 aliphatic carbocycles. The number of benzene rings is 2. The molecule has 0 saturated heterocycles. The van der Waals surface area contributed by atoms with Crippen LogP contribution in [0.1, 0.15) is 11.1 Å². The number of hydrogen-bond donors (Lipinski definition) is 1. The first-order chi connectivity index (χ1) is 11.7. The van der Waals surface area contributed by atoms with Crippen LogP contribution in [0.5, 0.6) is 5.75 Å². The van der Waals surface area contributed by atoms with Crippen molar-refractivity contribution in [1.29, 1.82) is 5.26 Å². The predicted octanol–water partition coefficient (Wildman–Crippen LogP) is 3.48. The van der Waals surface area contributed by atoms with Gasteiger partial charge in [-0.15, -0.1) is 0 Å². The average molecular weight is 384 g/mol. The number of para-hydroxylation sites is 1. The number of nitrogens with one attached hydrogen (secondary N) is 1. The molecule has 0 atom stereocenters. The molecule has 120 valence electrons. The first-order valence-corrected chi connectivity index (χ1v) is 7.84. The largest absolute Gasteiger partial charge is 0.482 e. The molecular formula is C18H14BrN3O2. The lowest BCUT2D eigenvalue weighted by molar-refractivity contribution is -0.123. The molecular weight excluding hydrogens is 370 g/mol. The minimum atomic E-state index is -0.418. The monoisotopic (exact) mass is 383 g/mol. The molecule has 0 saturated carbocycles. The van der Waals surface area contributed by atoms with E-state index < -0.39 is 5.91 Å². The van der Waals surface area contributed by atoms with Crippen molar-refractivity contribution >= 4 is 34.1 Å². The van der Waals surface area contributed by atoms with E-state index in [0.717, 1.165) is 5.56 Å². The molecule has 2 rings (SSSR count). The van der Waals surface area contributed by atoms with Gasteiger partial charge in [-0.2, -0.15) is 10.4 Å². The van der Waals surface area contributed by atoms with Crippen LogP contribution in [0.4, 0.5) is 0 Å². The fraction of sp³-hybridized carbons (Fsp3) is 0.0556. The molecule has 0 radical (unpaired) electrons. The Balaban J connectivity index is 1.83. The number of carbonyl (C=O) groups is 1. The molecule has 0 aliphatic rings. The highest BCUT2D eigenvalue weighted by atomic mass is 79.9. The molecule has 0 bridgehead atoms. The fourth-order valence-electron chi connectivity index (χ4n) is 1.77. The summed E-state index contributed by atoms with van der Waals surface area (Å²) in [7, 11) is 0. The van der Waals surface area contributed by atoms with Gasteiger partial charge in [0.2, 0.25) is 0 Å². The van der Waals surface area contributed by atoms with E-state index in [4.69, 9.17) is 10.00 Å². The first kappa shape index (κ1) is 17.4. The molecule has 0 spiro atoms. The zero-order valence-corrected chi connectivity index (χ0v) is 14.2. The van der Waals surface area contributed by atoms with Crippen molar-refractivity contribution in [1.82, 2.24) is 5.43 Å². The van der Waals surface area contributed by atoms with Crippen LogP contribution in [0.15, 0.2) is 64.2 Å². The number of hydrazone groups is 1. The summed E-state index contributed by atoms with van der Waals surface area (Å²) < 4.78 is 6.02. The van der Waals surface area contributed by atoms with E-state index in [9.17, 15) is 4.79 Å². The average Bonchev–Trinajstić information content (AvgIpc) is 2.61. The van der Waals surface area contributed by atoms with Gasteiger partial charge >= 0.3 is 0 Å². The van der Waals surface area contributed by atoms with E-state index in [-0.39, 0.29) is 6.61 Å². The Hall–Kier alpha value is -2.91. The van der Waals surface area contributed by atoms with Gasteiger partial charge in [-0.05, 0) is 39.7 Å². The van der Waals surface area contributed by atoms with E-state index in [0.29, 0.717) is 15.8 Å². The Morgan fingerprint density at radius 3 is 2.67 bits per heavy atom. The maximum absolute atomic E-state index is 11.7. The number of rotatable bonds is 6. The predicted molar refractivity (Wildman–Crippen MR) is 96.6 cm³/mol. The summed E-state index contributed by atoms with van der Waals surface area (Å²) in [4.78, 5) is 11.7. The van der Waals surface area contributed by atoms with Crippen molar-refractivity contribution in [3.63, 3.8) is 0 Å². The van der Waals surface area contributed by atoms with Crippen LogP contribution < -0.4 is 10.2 Å². The Labute approximate surface area is 148 Å². The van der Waals surface area contributed by atoms with Gasteiger partial charge in [-0.25, -0.2) is 5.43 Å². The number of nitrogens with zero attached hydrogens (tertiary/aromatic N) is 2. The molecule has 1 amide bonds. The first-order valence-electron chi connectivity index (χ1n) is 7.05. The summed E-state index contributed by atoms with van der Waals surface area (Å²) >= 11 is 3.35. The van der Waals surface area contributed by atoms with Gasteiger partial charge in [0, 0.05) is 4.48 Å². The van der Waals surface area contributed by atoms with Gasteiger partial charge in [0.05, 0.1) is 11.8 Å². The smallest absolute Gasteiger partial charge is 0.277 e. The van der Waals surface area contributed by atoms with Gasteiger partial charge in [0.15, 0.2) is 6.61 Å². The van der Waals surface area contributed by atoms with Crippen LogP contribution in [-0.2, 0) is 4.79 Å². The van der Waals surface area contributed by atoms with Crippen LogP contribution in [0.2, 0.25) is 0 Å². The normalized spacial score (nSPS) is 11.1. The third-order valence-electron chi connectivity index (χ3n) is 2.85. The molecule has 0 unspecified atom stereocenters. The van der Waals surface area contributed by atoms with E-state index in [1.54, 1.807) is 24.3 Å². The maximum atomic E-state index is 11.7. The van der Waals surface area contributed by atoms with Crippen molar-refractivity contribution in [2.24, 2.45) is 5.10 Å². The Morgan fingerprint density at radius 2 is 1.92 bits per heavy atom. The van der Waals surface area contributed by atoms with E-state index in [1.807, 2.05) is 42.5 Å². The second-order valence-corrected chi connectivity index (χ2v) is 5.55. The lowest BCUT2D eigenvalue weighted by Gasteiger charge is -2.06. The quantitative estimate of drug-likeness (QED) is 0.612. The summed E-state index contributed by atoms with van der Waals surface area (Å²) in [5.41, 5.74) is 3.75. The highest BCUT2D eigenvalue weighted by Crippen LogP contribution is 2.16. The van der Waals surface area contributed by atoms with E-state index >= 15 is 0 Å². The second kappa shape index (κ2) is 9.28. The highest BCUT2D eigenvalue weighted by molar-refractivity contribution is 9.12. The topological polar surface area (TPSA) is 74.5 Å². The summed E-state index contributed by atoms with van der Waals surface area (Å²) in [5.74, 6) is -0.0525. The Bertz CT molecular complexity index is 795. The standard InChI is InChI=1S/C18H14BrN3O2/c19-16(10-14-6-2-1-3-7-14)12-21-22-18(23)13-24-17-9-5-4-8-15(17)11-20/h1-10,12H,13H2,(H,22,23)/b16-10+,21-12-. The van der Waals surface area contributed by atoms with Gasteiger partial charge in [0.1, 0.15) is 11.8 Å². The van der Waals surface area contributed by atoms with E-state index in [2.05, 4.69) is 26.5 Å². The number of hydrogen-bond acceptors (Lipinski definition) is 4. The van der Waals surface area contributed by atoms with Crippen molar-refractivity contribution < 1.29 is 9.53 Å². The molecule has 2 aromatic rings. The van der Waals surface area contributed by atoms with Crippen LogP contribution in [-0.4, -0.2) is 18.7 Å². The molecule has 6 heteroatoms. The summed E-state index contributed by atoms with van der Waals surface area (Å²) in [6, 6.07) is 18.4. The Morgan fingerprint density at radius 1 is 1.21 bits per heavy atom. The number of nitriles is 1. The third-order valence-corrected chi connectivity index (χ3v) is 3.28. The number of ether oxygens (including phenoxy) is 1. The lowest BCUT2D eigenvalue weighted by Crippen LogP contribution is -2.24. The second-order valence-electron chi connectivity index (χ2n) is 4.63. The lowest BCUT2D eigenvalue weighted by atomic mass is 10.2. The summed E-state index contributed by atoms with van der Waals surface area (Å²) in [5, 5.41) is 12.8. The third kappa shape index (κ3) is 5.71. The van der Waals surface area contributed by atoms with Crippen molar-refractivity contribution in [2.75, 3.05) is 6.61 Å². The number of amides is 1. The van der Waals surface area contributed by atoms with Crippen molar-refractivity contribution in [2.45, 2.75) is 0 Å².